The second-order valence-corrected chi connectivity index (χ2v) is 12.3. The maximum atomic E-state index is 13.4. The molecule has 4 amide bonds. The molecule has 1 aromatic heterocycles. The van der Waals surface area contributed by atoms with Crippen molar-refractivity contribution in [3.8, 4) is 11.3 Å². The van der Waals surface area contributed by atoms with Gasteiger partial charge in [-0.25, -0.2) is 14.5 Å². The SMILES string of the molecule is O=C1NC(=O)N(c2ccc(C34CC5CC(CC(C5)C3)C4)cc2)C(=O)/C1=C\c1ccc(-c2ccc(Cl)c(C(=O)O)c2)o1. The van der Waals surface area contributed by atoms with Gasteiger partial charge in [-0.15, -0.1) is 0 Å². The highest BCUT2D eigenvalue weighted by Crippen LogP contribution is 2.60. The van der Waals surface area contributed by atoms with Crippen molar-refractivity contribution >= 4 is 47.2 Å². The number of aromatic carboxylic acids is 1. The number of imide groups is 2. The second kappa shape index (κ2) is 9.45. The molecule has 0 radical (unpaired) electrons. The molecule has 9 heteroatoms. The van der Waals surface area contributed by atoms with E-state index in [2.05, 4.69) is 5.32 Å². The minimum atomic E-state index is -1.18. The molecule has 0 spiro atoms. The molecule has 2 heterocycles. The molecule has 8 nitrogen and oxygen atoms in total. The molecule has 2 aromatic carbocycles. The van der Waals surface area contributed by atoms with Crippen molar-refractivity contribution in [2.75, 3.05) is 4.90 Å². The molecular weight excluding hydrogens is 544 g/mol. The highest BCUT2D eigenvalue weighted by atomic mass is 35.5. The van der Waals surface area contributed by atoms with Crippen LogP contribution in [-0.4, -0.2) is 28.9 Å². The van der Waals surface area contributed by atoms with E-state index in [0.29, 0.717) is 17.0 Å². The number of carboxylic acid groups (broad SMARTS) is 1. The third-order valence-electron chi connectivity index (χ3n) is 9.27. The highest BCUT2D eigenvalue weighted by Gasteiger charge is 2.51. The van der Waals surface area contributed by atoms with Crippen LogP contribution < -0.4 is 10.2 Å². The van der Waals surface area contributed by atoms with Crippen molar-refractivity contribution in [1.82, 2.24) is 5.32 Å². The van der Waals surface area contributed by atoms with Crippen LogP contribution in [0.15, 0.2) is 64.6 Å². The third-order valence-corrected chi connectivity index (χ3v) is 9.60. The number of anilines is 1. The van der Waals surface area contributed by atoms with Gasteiger partial charge in [0.15, 0.2) is 0 Å². The molecule has 208 valence electrons. The Kier molecular flexibility index (Phi) is 5.94. The van der Waals surface area contributed by atoms with Crippen LogP contribution in [-0.2, 0) is 15.0 Å². The number of benzene rings is 2. The summed E-state index contributed by atoms with van der Waals surface area (Å²) in [5, 5.41) is 11.7. The van der Waals surface area contributed by atoms with E-state index in [1.54, 1.807) is 30.3 Å². The number of furan rings is 1. The number of nitrogens with one attached hydrogen (secondary N) is 1. The topological polar surface area (TPSA) is 117 Å². The first-order chi connectivity index (χ1) is 19.7. The standard InChI is InChI=1S/C32H27ClN2O6/c33-26-7-1-20(12-24(26)30(38)39)27-8-6-23(41-27)13-25-28(36)34-31(40)35(29(25)37)22-4-2-21(3-5-22)32-14-17-9-18(15-32)11-19(10-17)16-32/h1-8,12-13,17-19H,9-11,14-16H2,(H,38,39)(H,34,36,40)/b25-13-. The van der Waals surface area contributed by atoms with Gasteiger partial charge in [-0.1, -0.05) is 23.7 Å². The summed E-state index contributed by atoms with van der Waals surface area (Å²) in [4.78, 5) is 51.3. The number of hydrogen-bond donors (Lipinski definition) is 2. The number of carbonyl (C=O) groups is 4. The first kappa shape index (κ1) is 25.8. The Bertz CT molecular complexity index is 1620. The number of barbiturate groups is 1. The lowest BCUT2D eigenvalue weighted by Gasteiger charge is -2.57. The van der Waals surface area contributed by atoms with E-state index in [1.165, 1.54) is 62.3 Å². The molecule has 5 fully saturated rings. The van der Waals surface area contributed by atoms with Crippen molar-refractivity contribution in [3.05, 3.63) is 82.1 Å². The lowest BCUT2D eigenvalue weighted by atomic mass is 9.48. The van der Waals surface area contributed by atoms with Crippen LogP contribution in [0.4, 0.5) is 10.5 Å². The lowest BCUT2D eigenvalue weighted by Crippen LogP contribution is -2.54. The molecular formula is C32H27ClN2O6. The van der Waals surface area contributed by atoms with Crippen molar-refractivity contribution in [2.45, 2.75) is 43.9 Å². The van der Waals surface area contributed by atoms with E-state index in [1.807, 2.05) is 12.1 Å². The second-order valence-electron chi connectivity index (χ2n) is 11.9. The van der Waals surface area contributed by atoms with Gasteiger partial charge in [0.25, 0.3) is 11.8 Å². The van der Waals surface area contributed by atoms with E-state index in [0.717, 1.165) is 22.7 Å². The first-order valence-electron chi connectivity index (χ1n) is 13.8. The molecule has 2 N–H and O–H groups in total. The highest BCUT2D eigenvalue weighted by molar-refractivity contribution is 6.39. The van der Waals surface area contributed by atoms with Gasteiger partial charge in [-0.3, -0.25) is 14.9 Å². The number of halogens is 1. The van der Waals surface area contributed by atoms with Gasteiger partial charge in [-0.05, 0) is 116 Å². The predicted molar refractivity (Wildman–Crippen MR) is 151 cm³/mol. The van der Waals surface area contributed by atoms with Crippen molar-refractivity contribution in [2.24, 2.45) is 17.8 Å². The molecule has 0 unspecified atom stereocenters. The molecule has 41 heavy (non-hydrogen) atoms. The maximum Gasteiger partial charge on any atom is 0.337 e. The normalized spacial score (nSPS) is 27.9. The van der Waals surface area contributed by atoms with E-state index in [-0.39, 0.29) is 27.3 Å². The largest absolute Gasteiger partial charge is 0.478 e. The van der Waals surface area contributed by atoms with Crippen LogP contribution >= 0.6 is 11.6 Å². The van der Waals surface area contributed by atoms with Gasteiger partial charge in [-0.2, -0.15) is 0 Å². The Morgan fingerprint density at radius 3 is 2.24 bits per heavy atom. The molecule has 1 aliphatic heterocycles. The number of nitrogens with zero attached hydrogens (tertiary/aromatic N) is 1. The summed E-state index contributed by atoms with van der Waals surface area (Å²) >= 11 is 5.96. The van der Waals surface area contributed by atoms with Crippen LogP contribution in [0.3, 0.4) is 0 Å². The Morgan fingerprint density at radius 2 is 1.61 bits per heavy atom. The zero-order valence-corrected chi connectivity index (χ0v) is 22.8. The molecule has 5 aliphatic rings. The number of hydrogen-bond acceptors (Lipinski definition) is 5. The van der Waals surface area contributed by atoms with Gasteiger partial charge >= 0.3 is 12.0 Å². The van der Waals surface area contributed by atoms with E-state index in [4.69, 9.17) is 16.0 Å². The molecule has 4 aliphatic carbocycles. The summed E-state index contributed by atoms with van der Waals surface area (Å²) < 4.78 is 5.80. The Morgan fingerprint density at radius 1 is 0.951 bits per heavy atom. The molecule has 4 bridgehead atoms. The maximum absolute atomic E-state index is 13.4. The number of urea groups is 1. The number of carbonyl (C=O) groups excluding carboxylic acids is 3. The average Bonchev–Trinajstić information content (AvgIpc) is 3.39. The number of rotatable bonds is 5. The molecule has 1 saturated heterocycles. The third kappa shape index (κ3) is 4.37. The summed E-state index contributed by atoms with van der Waals surface area (Å²) in [7, 11) is 0. The quantitative estimate of drug-likeness (QED) is 0.269. The smallest absolute Gasteiger partial charge is 0.337 e. The van der Waals surface area contributed by atoms with Gasteiger partial charge in [0.05, 0.1) is 16.3 Å². The minimum Gasteiger partial charge on any atom is -0.478 e. The Hall–Kier alpha value is -4.17. The lowest BCUT2D eigenvalue weighted by molar-refractivity contribution is -0.122. The minimum absolute atomic E-state index is 0.0781. The van der Waals surface area contributed by atoms with Gasteiger partial charge < -0.3 is 9.52 Å². The van der Waals surface area contributed by atoms with Gasteiger partial charge in [0.2, 0.25) is 0 Å². The Labute approximate surface area is 241 Å². The molecule has 4 saturated carbocycles. The van der Waals surface area contributed by atoms with E-state index in [9.17, 15) is 24.3 Å². The number of amides is 4. The Balaban J connectivity index is 1.15. The summed E-state index contributed by atoms with van der Waals surface area (Å²) in [6.45, 7) is 0. The fraction of sp³-hybridized carbons (Fsp3) is 0.312. The summed E-state index contributed by atoms with van der Waals surface area (Å²) in [5.41, 5.74) is 1.99. The van der Waals surface area contributed by atoms with Crippen LogP contribution in [0, 0.1) is 17.8 Å². The zero-order valence-electron chi connectivity index (χ0n) is 22.1. The summed E-state index contributed by atoms with van der Waals surface area (Å²) in [5.74, 6) is 0.175. The molecule has 8 rings (SSSR count). The molecule has 3 aromatic rings. The van der Waals surface area contributed by atoms with Crippen LogP contribution in [0.1, 0.15) is 60.2 Å². The van der Waals surface area contributed by atoms with Gasteiger partial charge in [0.1, 0.15) is 17.1 Å². The van der Waals surface area contributed by atoms with Crippen LogP contribution in [0.5, 0.6) is 0 Å². The number of carboxylic acids is 1. The zero-order chi connectivity index (χ0) is 28.5. The monoisotopic (exact) mass is 570 g/mol. The first-order valence-corrected chi connectivity index (χ1v) is 14.2. The van der Waals surface area contributed by atoms with E-state index < -0.39 is 23.8 Å². The summed E-state index contributed by atoms with van der Waals surface area (Å²) in [6, 6.07) is 14.5. The van der Waals surface area contributed by atoms with E-state index >= 15 is 0 Å². The van der Waals surface area contributed by atoms with Crippen molar-refractivity contribution in [1.29, 1.82) is 0 Å². The fourth-order valence-corrected chi connectivity index (χ4v) is 8.09. The van der Waals surface area contributed by atoms with Crippen LogP contribution in [0.2, 0.25) is 5.02 Å². The fourth-order valence-electron chi connectivity index (χ4n) is 7.89. The summed E-state index contributed by atoms with van der Waals surface area (Å²) in [6.07, 6.45) is 8.96. The van der Waals surface area contributed by atoms with Crippen LogP contribution in [0.25, 0.3) is 17.4 Å². The predicted octanol–water partition coefficient (Wildman–Crippen LogP) is 6.43. The van der Waals surface area contributed by atoms with Crippen molar-refractivity contribution < 1.29 is 28.7 Å². The van der Waals surface area contributed by atoms with Crippen molar-refractivity contribution in [3.63, 3.8) is 0 Å². The average molecular weight is 571 g/mol. The molecule has 0 atom stereocenters. The van der Waals surface area contributed by atoms with Gasteiger partial charge in [0, 0.05) is 5.56 Å².